The van der Waals surface area contributed by atoms with Gasteiger partial charge in [0.25, 0.3) is 0 Å². The molecule has 2 heterocycles. The van der Waals surface area contributed by atoms with Gasteiger partial charge in [0.15, 0.2) is 0 Å². The van der Waals surface area contributed by atoms with Crippen molar-refractivity contribution in [3.8, 4) is 0 Å². The molecule has 0 aliphatic carbocycles. The van der Waals surface area contributed by atoms with Gasteiger partial charge in [0.2, 0.25) is 0 Å². The van der Waals surface area contributed by atoms with E-state index in [-0.39, 0.29) is 0 Å². The van der Waals surface area contributed by atoms with Crippen LogP contribution in [0.3, 0.4) is 0 Å². The second kappa shape index (κ2) is 3.36. The minimum Gasteiger partial charge on any atom is -0.329 e. The predicted octanol–water partition coefficient (Wildman–Crippen LogP) is 1.82. The Balaban J connectivity index is 2.35. The van der Waals surface area contributed by atoms with Crippen molar-refractivity contribution in [3.63, 3.8) is 0 Å². The van der Waals surface area contributed by atoms with E-state index in [1.807, 2.05) is 24.2 Å². The van der Waals surface area contributed by atoms with E-state index in [0.29, 0.717) is 5.25 Å². The van der Waals surface area contributed by atoms with E-state index < -0.39 is 0 Å². The molecule has 0 saturated heterocycles. The lowest BCUT2D eigenvalue weighted by molar-refractivity contribution is 0.862. The van der Waals surface area contributed by atoms with Gasteiger partial charge in [0.05, 0.1) is 0 Å². The number of halogens is 1. The van der Waals surface area contributed by atoms with Crippen LogP contribution in [0.25, 0.3) is 0 Å². The highest BCUT2D eigenvalue weighted by atomic mass is 79.9. The van der Waals surface area contributed by atoms with Gasteiger partial charge >= 0.3 is 0 Å². The Morgan fingerprint density at radius 3 is 3.17 bits per heavy atom. The molecule has 1 aromatic heterocycles. The molecule has 2 rings (SSSR count). The highest BCUT2D eigenvalue weighted by Gasteiger charge is 2.22. The van der Waals surface area contributed by atoms with Crippen molar-refractivity contribution in [2.24, 2.45) is 5.73 Å². The van der Waals surface area contributed by atoms with Crippen LogP contribution in [0.4, 0.5) is 0 Å². The zero-order chi connectivity index (χ0) is 8.55. The van der Waals surface area contributed by atoms with Crippen LogP contribution >= 0.6 is 27.7 Å². The van der Waals surface area contributed by atoms with E-state index in [4.69, 9.17) is 5.73 Å². The molecular formula is C8H9BrN2S. The smallest absolute Gasteiger partial charge is 0.0497 e. The summed E-state index contributed by atoms with van der Waals surface area (Å²) in [5.74, 6) is 0. The third kappa shape index (κ3) is 1.39. The SMILES string of the molecule is NCC1Cc2cncc(Br)c2S1. The molecule has 4 heteroatoms. The topological polar surface area (TPSA) is 38.9 Å². The lowest BCUT2D eigenvalue weighted by Crippen LogP contribution is -2.15. The maximum absolute atomic E-state index is 5.61. The number of aromatic nitrogens is 1. The molecule has 1 aliphatic heterocycles. The van der Waals surface area contributed by atoms with Crippen molar-refractivity contribution < 1.29 is 0 Å². The normalized spacial score (nSPS) is 21.0. The molecule has 0 fully saturated rings. The molecular weight excluding hydrogens is 236 g/mol. The number of hydrogen-bond donors (Lipinski definition) is 1. The molecule has 12 heavy (non-hydrogen) atoms. The Labute approximate surface area is 84.1 Å². The Morgan fingerprint density at radius 1 is 1.67 bits per heavy atom. The van der Waals surface area contributed by atoms with Crippen LogP contribution in [0.2, 0.25) is 0 Å². The number of hydrogen-bond acceptors (Lipinski definition) is 3. The summed E-state index contributed by atoms with van der Waals surface area (Å²) in [4.78, 5) is 5.44. The third-order valence-electron chi connectivity index (χ3n) is 1.92. The number of fused-ring (bicyclic) bond motifs is 1. The molecule has 0 aromatic carbocycles. The molecule has 1 aliphatic rings. The molecule has 2 nitrogen and oxygen atoms in total. The molecule has 0 amide bonds. The summed E-state index contributed by atoms with van der Waals surface area (Å²) in [7, 11) is 0. The van der Waals surface area contributed by atoms with Gasteiger partial charge < -0.3 is 5.73 Å². The van der Waals surface area contributed by atoms with E-state index in [9.17, 15) is 0 Å². The number of thioether (sulfide) groups is 1. The quantitative estimate of drug-likeness (QED) is 0.820. The van der Waals surface area contributed by atoms with Crippen molar-refractivity contribution in [1.82, 2.24) is 4.98 Å². The second-order valence-electron chi connectivity index (χ2n) is 2.79. The average Bonchev–Trinajstić information content (AvgIpc) is 2.49. The largest absolute Gasteiger partial charge is 0.329 e. The predicted molar refractivity (Wildman–Crippen MR) is 54.3 cm³/mol. The summed E-state index contributed by atoms with van der Waals surface area (Å²) in [6.07, 6.45) is 4.83. The lowest BCUT2D eigenvalue weighted by atomic mass is 10.2. The molecule has 0 saturated carbocycles. The highest BCUT2D eigenvalue weighted by molar-refractivity contribution is 9.10. The van der Waals surface area contributed by atoms with Crippen LogP contribution in [0.15, 0.2) is 21.8 Å². The second-order valence-corrected chi connectivity index (χ2v) is 4.95. The number of rotatable bonds is 1. The monoisotopic (exact) mass is 244 g/mol. The molecule has 1 atom stereocenters. The van der Waals surface area contributed by atoms with Crippen molar-refractivity contribution >= 4 is 27.7 Å². The van der Waals surface area contributed by atoms with Crippen molar-refractivity contribution in [3.05, 3.63) is 22.4 Å². The van der Waals surface area contributed by atoms with Gasteiger partial charge in [-0.25, -0.2) is 0 Å². The van der Waals surface area contributed by atoms with Gasteiger partial charge in [0, 0.05) is 33.6 Å². The molecule has 64 valence electrons. The first-order valence-corrected chi connectivity index (χ1v) is 5.47. The summed E-state index contributed by atoms with van der Waals surface area (Å²) in [5.41, 5.74) is 6.93. The first-order valence-electron chi connectivity index (χ1n) is 3.80. The Hall–Kier alpha value is -0.0600. The zero-order valence-electron chi connectivity index (χ0n) is 6.46. The number of nitrogens with zero attached hydrogens (tertiary/aromatic N) is 1. The van der Waals surface area contributed by atoms with Gasteiger partial charge in [-0.3, -0.25) is 4.98 Å². The molecule has 2 N–H and O–H groups in total. The maximum atomic E-state index is 5.61. The standard InChI is InChI=1S/C8H9BrN2S/c9-7-4-11-3-5-1-6(2-10)12-8(5)7/h3-4,6H,1-2,10H2. The van der Waals surface area contributed by atoms with Crippen LogP contribution in [-0.4, -0.2) is 16.8 Å². The van der Waals surface area contributed by atoms with Gasteiger partial charge in [-0.15, -0.1) is 11.8 Å². The molecule has 0 radical (unpaired) electrons. The van der Waals surface area contributed by atoms with Crippen molar-refractivity contribution in [1.29, 1.82) is 0 Å². The van der Waals surface area contributed by atoms with Crippen molar-refractivity contribution in [2.45, 2.75) is 16.6 Å². The molecule has 1 aromatic rings. The van der Waals surface area contributed by atoms with Gasteiger partial charge in [-0.2, -0.15) is 0 Å². The van der Waals surface area contributed by atoms with Crippen LogP contribution in [0.5, 0.6) is 0 Å². The van der Waals surface area contributed by atoms with E-state index in [0.717, 1.165) is 17.4 Å². The minimum atomic E-state index is 0.542. The first kappa shape index (κ1) is 8.53. The summed E-state index contributed by atoms with van der Waals surface area (Å²) >= 11 is 5.33. The van der Waals surface area contributed by atoms with E-state index in [1.165, 1.54) is 10.5 Å². The fraction of sp³-hybridized carbons (Fsp3) is 0.375. The van der Waals surface area contributed by atoms with E-state index in [1.54, 1.807) is 0 Å². The van der Waals surface area contributed by atoms with Crippen LogP contribution < -0.4 is 5.73 Å². The summed E-state index contributed by atoms with van der Waals surface area (Å²) in [6, 6.07) is 0. The fourth-order valence-electron chi connectivity index (χ4n) is 1.33. The molecule has 0 spiro atoms. The molecule has 1 unspecified atom stereocenters. The average molecular weight is 245 g/mol. The Kier molecular flexibility index (Phi) is 2.39. The van der Waals surface area contributed by atoms with E-state index >= 15 is 0 Å². The maximum Gasteiger partial charge on any atom is 0.0497 e. The summed E-state index contributed by atoms with van der Waals surface area (Å²) in [5, 5.41) is 0.542. The van der Waals surface area contributed by atoms with Crippen molar-refractivity contribution in [2.75, 3.05) is 6.54 Å². The van der Waals surface area contributed by atoms with Crippen LogP contribution in [-0.2, 0) is 6.42 Å². The van der Waals surface area contributed by atoms with E-state index in [2.05, 4.69) is 20.9 Å². The van der Waals surface area contributed by atoms with Gasteiger partial charge in [-0.05, 0) is 27.9 Å². The first-order chi connectivity index (χ1) is 5.81. The number of pyridine rings is 1. The highest BCUT2D eigenvalue weighted by Crippen LogP contribution is 2.40. The zero-order valence-corrected chi connectivity index (χ0v) is 8.86. The van der Waals surface area contributed by atoms with Crippen LogP contribution in [0.1, 0.15) is 5.56 Å². The van der Waals surface area contributed by atoms with Gasteiger partial charge in [0.1, 0.15) is 0 Å². The summed E-state index contributed by atoms with van der Waals surface area (Å²) in [6.45, 7) is 0.742. The third-order valence-corrected chi connectivity index (χ3v) is 4.20. The van der Waals surface area contributed by atoms with Crippen LogP contribution in [0, 0.1) is 0 Å². The Bertz CT molecular complexity index is 303. The lowest BCUT2D eigenvalue weighted by Gasteiger charge is -2.01. The van der Waals surface area contributed by atoms with Gasteiger partial charge in [-0.1, -0.05) is 0 Å². The Morgan fingerprint density at radius 2 is 2.50 bits per heavy atom. The number of nitrogens with two attached hydrogens (primary N) is 1. The molecule has 0 bridgehead atoms. The minimum absolute atomic E-state index is 0.542. The fourth-order valence-corrected chi connectivity index (χ4v) is 3.12. The summed E-state index contributed by atoms with van der Waals surface area (Å²) < 4.78 is 1.10.